The number of carbonyl (C=O) groups is 2. The van der Waals surface area contributed by atoms with Gasteiger partial charge < -0.3 is 9.47 Å². The Labute approximate surface area is 187 Å². The molecule has 0 radical (unpaired) electrons. The minimum absolute atomic E-state index is 0.103. The van der Waals surface area contributed by atoms with Crippen LogP contribution >= 0.6 is 0 Å². The molecule has 2 saturated carbocycles. The third-order valence-corrected chi connectivity index (χ3v) is 9.49. The second kappa shape index (κ2) is 8.41. The van der Waals surface area contributed by atoms with Crippen molar-refractivity contribution in [2.24, 2.45) is 34.5 Å². The number of hydrogen-bond donors (Lipinski definition) is 0. The third kappa shape index (κ3) is 3.89. The van der Waals surface area contributed by atoms with Gasteiger partial charge in [0.1, 0.15) is 6.10 Å². The lowest BCUT2D eigenvalue weighted by Gasteiger charge is -2.57. The van der Waals surface area contributed by atoms with Crippen LogP contribution in [0.3, 0.4) is 0 Å². The monoisotopic (exact) mass is 428 g/mol. The lowest BCUT2D eigenvalue weighted by atomic mass is 9.48. The number of allylic oxidation sites excluding steroid dienone is 4. The second-order valence-electron chi connectivity index (χ2n) is 11.1. The van der Waals surface area contributed by atoms with Crippen LogP contribution in [0.1, 0.15) is 85.5 Å². The predicted molar refractivity (Wildman–Crippen MR) is 121 cm³/mol. The van der Waals surface area contributed by atoms with Crippen LogP contribution in [0, 0.1) is 34.5 Å². The molecule has 7 unspecified atom stereocenters. The van der Waals surface area contributed by atoms with E-state index in [1.807, 2.05) is 0 Å². The van der Waals surface area contributed by atoms with Crippen LogP contribution in [-0.2, 0) is 19.1 Å². The summed E-state index contributed by atoms with van der Waals surface area (Å²) >= 11 is 0. The van der Waals surface area contributed by atoms with Gasteiger partial charge in [-0.05, 0) is 85.9 Å². The molecule has 2 fully saturated rings. The lowest BCUT2D eigenvalue weighted by molar-refractivity contribution is -0.151. The van der Waals surface area contributed by atoms with Crippen LogP contribution in [0.4, 0.5) is 0 Å². The van der Waals surface area contributed by atoms with Crippen LogP contribution < -0.4 is 0 Å². The maximum absolute atomic E-state index is 11.7. The van der Waals surface area contributed by atoms with Gasteiger partial charge >= 0.3 is 11.9 Å². The van der Waals surface area contributed by atoms with Crippen molar-refractivity contribution in [3.05, 3.63) is 23.3 Å². The fourth-order valence-electron chi connectivity index (χ4n) is 7.80. The smallest absolute Gasteiger partial charge is 0.305 e. The molecule has 31 heavy (non-hydrogen) atoms. The summed E-state index contributed by atoms with van der Waals surface area (Å²) in [6.45, 7) is 8.79. The zero-order chi connectivity index (χ0) is 22.4. The first-order chi connectivity index (χ1) is 14.7. The first-order valence-electron chi connectivity index (χ1n) is 12.3. The summed E-state index contributed by atoms with van der Waals surface area (Å²) in [6, 6.07) is 0. The number of methoxy groups -OCH3 is 1. The van der Waals surface area contributed by atoms with E-state index in [0.29, 0.717) is 30.1 Å². The van der Waals surface area contributed by atoms with E-state index in [9.17, 15) is 9.59 Å². The highest BCUT2D eigenvalue weighted by atomic mass is 16.5. The Bertz CT molecular complexity index is 795. The summed E-state index contributed by atoms with van der Waals surface area (Å²) in [7, 11) is 1.48. The van der Waals surface area contributed by atoms with Crippen molar-refractivity contribution in [2.45, 2.75) is 91.6 Å². The maximum atomic E-state index is 11.7. The van der Waals surface area contributed by atoms with Crippen molar-refractivity contribution in [3.8, 4) is 0 Å². The van der Waals surface area contributed by atoms with Gasteiger partial charge in [0.15, 0.2) is 0 Å². The molecule has 0 bridgehead atoms. The van der Waals surface area contributed by atoms with Gasteiger partial charge in [-0.1, -0.05) is 44.1 Å². The molecule has 0 aromatic heterocycles. The largest absolute Gasteiger partial charge is 0.469 e. The van der Waals surface area contributed by atoms with Gasteiger partial charge in [0.05, 0.1) is 7.11 Å². The molecule has 0 aliphatic heterocycles. The molecule has 7 atom stereocenters. The molecular formula is C27H40O4. The van der Waals surface area contributed by atoms with Crippen LogP contribution in [0.5, 0.6) is 0 Å². The van der Waals surface area contributed by atoms with Crippen molar-refractivity contribution < 1.29 is 19.1 Å². The molecule has 0 spiro atoms. The summed E-state index contributed by atoms with van der Waals surface area (Å²) in [5.41, 5.74) is 3.77. The molecule has 0 aromatic carbocycles. The Hall–Kier alpha value is -1.58. The Morgan fingerprint density at radius 2 is 1.94 bits per heavy atom. The number of ether oxygens (including phenoxy) is 2. The Morgan fingerprint density at radius 3 is 2.65 bits per heavy atom. The fraction of sp³-hybridized carbons (Fsp3) is 0.778. The second-order valence-corrected chi connectivity index (χ2v) is 11.1. The van der Waals surface area contributed by atoms with E-state index in [0.717, 1.165) is 32.1 Å². The van der Waals surface area contributed by atoms with Crippen LogP contribution in [0.25, 0.3) is 0 Å². The molecule has 172 valence electrons. The van der Waals surface area contributed by atoms with Crippen molar-refractivity contribution in [1.82, 2.24) is 0 Å². The van der Waals surface area contributed by atoms with E-state index in [1.165, 1.54) is 33.3 Å². The minimum atomic E-state index is -0.138. The third-order valence-electron chi connectivity index (χ3n) is 9.49. The fourth-order valence-corrected chi connectivity index (χ4v) is 7.80. The summed E-state index contributed by atoms with van der Waals surface area (Å²) in [4.78, 5) is 23.1. The van der Waals surface area contributed by atoms with Gasteiger partial charge in [-0.15, -0.1) is 0 Å². The van der Waals surface area contributed by atoms with Gasteiger partial charge in [0.2, 0.25) is 0 Å². The van der Waals surface area contributed by atoms with Crippen molar-refractivity contribution >= 4 is 11.9 Å². The maximum Gasteiger partial charge on any atom is 0.305 e. The highest BCUT2D eigenvalue weighted by Crippen LogP contribution is 2.65. The summed E-state index contributed by atoms with van der Waals surface area (Å²) < 4.78 is 10.5. The Morgan fingerprint density at radius 1 is 1.16 bits per heavy atom. The topological polar surface area (TPSA) is 52.6 Å². The Balaban J connectivity index is 1.50. The highest BCUT2D eigenvalue weighted by molar-refractivity contribution is 5.69. The van der Waals surface area contributed by atoms with E-state index in [-0.39, 0.29) is 28.9 Å². The molecule has 4 rings (SSSR count). The van der Waals surface area contributed by atoms with E-state index in [1.54, 1.807) is 11.1 Å². The molecular weight excluding hydrogens is 388 g/mol. The molecule has 0 saturated heterocycles. The summed E-state index contributed by atoms with van der Waals surface area (Å²) in [6.07, 6.45) is 14.6. The quantitative estimate of drug-likeness (QED) is 0.398. The molecule has 0 aromatic rings. The normalized spacial score (nSPS) is 39.9. The molecule has 4 aliphatic rings. The van der Waals surface area contributed by atoms with Gasteiger partial charge in [-0.3, -0.25) is 9.59 Å². The lowest BCUT2D eigenvalue weighted by Crippen LogP contribution is -2.48. The molecule has 0 amide bonds. The van der Waals surface area contributed by atoms with Gasteiger partial charge in [0.25, 0.3) is 0 Å². The predicted octanol–water partition coefficient (Wildman–Crippen LogP) is 6.01. The van der Waals surface area contributed by atoms with Crippen LogP contribution in [-0.4, -0.2) is 25.2 Å². The summed E-state index contributed by atoms with van der Waals surface area (Å²) in [5.74, 6) is 2.17. The minimum Gasteiger partial charge on any atom is -0.469 e. The molecule has 4 nitrogen and oxygen atoms in total. The van der Waals surface area contributed by atoms with Gasteiger partial charge in [-0.25, -0.2) is 0 Å². The van der Waals surface area contributed by atoms with Crippen molar-refractivity contribution in [3.63, 3.8) is 0 Å². The van der Waals surface area contributed by atoms with Crippen LogP contribution in [0.2, 0.25) is 0 Å². The van der Waals surface area contributed by atoms with Crippen LogP contribution in [0.15, 0.2) is 23.3 Å². The van der Waals surface area contributed by atoms with E-state index in [2.05, 4.69) is 32.9 Å². The molecule has 0 N–H and O–H groups in total. The number of rotatable bonds is 5. The zero-order valence-corrected chi connectivity index (χ0v) is 20.0. The Kier molecular flexibility index (Phi) is 6.13. The number of esters is 2. The SMILES string of the molecule is COC(=O)CCC(C)C1=CCC2C3CCC4CC(OC(C)=O)CCC4(C)C3=CCC12C. The molecule has 4 heteroatoms. The first-order valence-corrected chi connectivity index (χ1v) is 12.3. The molecule has 0 heterocycles. The number of carbonyl (C=O) groups excluding carboxylic acids is 2. The zero-order valence-electron chi connectivity index (χ0n) is 20.0. The van der Waals surface area contributed by atoms with E-state index in [4.69, 9.17) is 9.47 Å². The number of hydrogen-bond acceptors (Lipinski definition) is 4. The first kappa shape index (κ1) is 22.6. The summed E-state index contributed by atoms with van der Waals surface area (Å²) in [5, 5.41) is 0. The average molecular weight is 429 g/mol. The standard InChI is InChI=1S/C27H40O4/c1-17(6-11-25(29)30-5)22-9-10-23-21-8-7-19-16-20(31-18(2)28)12-14-26(19,3)24(21)13-15-27(22,23)4/h9,13,17,19-21,23H,6-8,10-12,14-16H2,1-5H3. The van der Waals surface area contributed by atoms with E-state index < -0.39 is 0 Å². The molecule has 4 aliphatic carbocycles. The number of fused-ring (bicyclic) bond motifs is 5. The van der Waals surface area contributed by atoms with Crippen molar-refractivity contribution in [1.29, 1.82) is 0 Å². The average Bonchev–Trinajstić information content (AvgIpc) is 3.09. The van der Waals surface area contributed by atoms with Gasteiger partial charge in [0, 0.05) is 13.3 Å². The van der Waals surface area contributed by atoms with Crippen molar-refractivity contribution in [2.75, 3.05) is 7.11 Å². The van der Waals surface area contributed by atoms with Gasteiger partial charge in [-0.2, -0.15) is 0 Å². The highest BCUT2D eigenvalue weighted by Gasteiger charge is 2.55. The van der Waals surface area contributed by atoms with E-state index >= 15 is 0 Å².